The number of halogens is 2. The Labute approximate surface area is 119 Å². The molecule has 1 N–H and O–H groups in total. The highest BCUT2D eigenvalue weighted by Crippen LogP contribution is 2.39. The second-order valence-electron chi connectivity index (χ2n) is 6.65. The van der Waals surface area contributed by atoms with Gasteiger partial charge in [0.05, 0.1) is 5.60 Å². The van der Waals surface area contributed by atoms with E-state index >= 15 is 0 Å². The van der Waals surface area contributed by atoms with E-state index < -0.39 is 5.60 Å². The van der Waals surface area contributed by atoms with Crippen LogP contribution in [0, 0.1) is 11.2 Å². The maximum atomic E-state index is 13.8. The van der Waals surface area contributed by atoms with Gasteiger partial charge in [-0.15, -0.1) is 0 Å². The Morgan fingerprint density at radius 3 is 2.63 bits per heavy atom. The van der Waals surface area contributed by atoms with Crippen LogP contribution in [0.2, 0.25) is 5.02 Å². The molecular formula is C16H22ClFO. The fourth-order valence-corrected chi connectivity index (χ4v) is 3.07. The number of aliphatic hydroxyl groups is 1. The van der Waals surface area contributed by atoms with E-state index in [1.807, 2.05) is 0 Å². The van der Waals surface area contributed by atoms with Crippen LogP contribution in [-0.4, -0.2) is 10.7 Å². The average Bonchev–Trinajstić information content (AvgIpc) is 2.43. The molecule has 1 saturated carbocycles. The van der Waals surface area contributed by atoms with Crippen LogP contribution in [0.3, 0.4) is 0 Å². The average molecular weight is 285 g/mol. The molecule has 0 amide bonds. The summed E-state index contributed by atoms with van der Waals surface area (Å²) in [4.78, 5) is 0. The van der Waals surface area contributed by atoms with Crippen molar-refractivity contribution in [3.63, 3.8) is 0 Å². The molecule has 3 heteroatoms. The SMILES string of the molecule is CC1(C)CCCC(O)(Cc2ccc(Cl)cc2F)CC1. The van der Waals surface area contributed by atoms with Crippen LogP contribution in [0.15, 0.2) is 18.2 Å². The lowest BCUT2D eigenvalue weighted by Gasteiger charge is -2.28. The second-order valence-corrected chi connectivity index (χ2v) is 7.09. The third-order valence-electron chi connectivity index (χ3n) is 4.30. The van der Waals surface area contributed by atoms with Gasteiger partial charge in [-0.05, 0) is 48.8 Å². The van der Waals surface area contributed by atoms with E-state index in [4.69, 9.17) is 11.6 Å². The van der Waals surface area contributed by atoms with Crippen molar-refractivity contribution in [2.45, 2.75) is 58.0 Å². The number of hydrogen-bond acceptors (Lipinski definition) is 1. The fourth-order valence-electron chi connectivity index (χ4n) is 2.91. The first-order chi connectivity index (χ1) is 8.80. The third-order valence-corrected chi connectivity index (χ3v) is 4.53. The highest BCUT2D eigenvalue weighted by molar-refractivity contribution is 6.30. The van der Waals surface area contributed by atoms with E-state index in [-0.39, 0.29) is 11.2 Å². The van der Waals surface area contributed by atoms with Crippen LogP contribution >= 0.6 is 11.6 Å². The van der Waals surface area contributed by atoms with Crippen LogP contribution in [0.1, 0.15) is 51.5 Å². The minimum Gasteiger partial charge on any atom is -0.390 e. The highest BCUT2D eigenvalue weighted by Gasteiger charge is 2.34. The van der Waals surface area contributed by atoms with Gasteiger partial charge < -0.3 is 5.11 Å². The molecule has 2 rings (SSSR count). The van der Waals surface area contributed by atoms with Gasteiger partial charge in [-0.2, -0.15) is 0 Å². The molecule has 1 aliphatic rings. The first kappa shape index (κ1) is 14.8. The summed E-state index contributed by atoms with van der Waals surface area (Å²) in [5.41, 5.74) is 0.0671. The molecule has 1 atom stereocenters. The highest BCUT2D eigenvalue weighted by atomic mass is 35.5. The molecule has 0 bridgehead atoms. The molecule has 1 aliphatic carbocycles. The van der Waals surface area contributed by atoms with Crippen LogP contribution in [0.5, 0.6) is 0 Å². The molecule has 1 aromatic carbocycles. The Balaban J connectivity index is 2.12. The maximum absolute atomic E-state index is 13.8. The summed E-state index contributed by atoms with van der Waals surface area (Å²) in [6.45, 7) is 4.48. The lowest BCUT2D eigenvalue weighted by molar-refractivity contribution is 0.0218. The van der Waals surface area contributed by atoms with Crippen molar-refractivity contribution in [1.82, 2.24) is 0 Å². The summed E-state index contributed by atoms with van der Waals surface area (Å²) in [6, 6.07) is 4.69. The van der Waals surface area contributed by atoms with Crippen LogP contribution in [-0.2, 0) is 6.42 Å². The first-order valence-electron chi connectivity index (χ1n) is 6.96. The Morgan fingerprint density at radius 1 is 1.21 bits per heavy atom. The van der Waals surface area contributed by atoms with Crippen molar-refractivity contribution in [2.24, 2.45) is 5.41 Å². The zero-order chi connectivity index (χ0) is 14.1. The summed E-state index contributed by atoms with van der Waals surface area (Å²) in [5, 5.41) is 11.1. The molecule has 1 nitrogen and oxygen atoms in total. The Hall–Kier alpha value is -0.600. The second kappa shape index (κ2) is 5.41. The predicted octanol–water partition coefficient (Wildman–Crippen LogP) is 4.74. The minimum atomic E-state index is -0.775. The Morgan fingerprint density at radius 2 is 1.95 bits per heavy atom. The quantitative estimate of drug-likeness (QED) is 0.778. The van der Waals surface area contributed by atoms with Crippen molar-refractivity contribution < 1.29 is 9.50 Å². The van der Waals surface area contributed by atoms with Crippen molar-refractivity contribution in [1.29, 1.82) is 0 Å². The van der Waals surface area contributed by atoms with Gasteiger partial charge in [0.2, 0.25) is 0 Å². The van der Waals surface area contributed by atoms with Gasteiger partial charge in [0.1, 0.15) is 5.82 Å². The minimum absolute atomic E-state index is 0.281. The molecule has 0 radical (unpaired) electrons. The lowest BCUT2D eigenvalue weighted by Crippen LogP contribution is -2.31. The summed E-state index contributed by atoms with van der Waals surface area (Å²) in [7, 11) is 0. The summed E-state index contributed by atoms with van der Waals surface area (Å²) < 4.78 is 13.8. The van der Waals surface area contributed by atoms with E-state index in [0.717, 1.165) is 32.1 Å². The van der Waals surface area contributed by atoms with Gasteiger partial charge >= 0.3 is 0 Å². The maximum Gasteiger partial charge on any atom is 0.127 e. The van der Waals surface area contributed by atoms with Gasteiger partial charge in [-0.1, -0.05) is 37.9 Å². The number of rotatable bonds is 2. The number of benzene rings is 1. The zero-order valence-corrected chi connectivity index (χ0v) is 12.4. The Bertz CT molecular complexity index is 458. The van der Waals surface area contributed by atoms with E-state index in [9.17, 15) is 9.50 Å². The summed E-state index contributed by atoms with van der Waals surface area (Å²) in [5.74, 6) is -0.315. The third kappa shape index (κ3) is 3.93. The van der Waals surface area contributed by atoms with Crippen molar-refractivity contribution in [3.8, 4) is 0 Å². The van der Waals surface area contributed by atoms with Gasteiger partial charge in [0.15, 0.2) is 0 Å². The molecule has 106 valence electrons. The largest absolute Gasteiger partial charge is 0.390 e. The molecule has 0 spiro atoms. The van der Waals surface area contributed by atoms with Gasteiger partial charge in [-0.3, -0.25) is 0 Å². The van der Waals surface area contributed by atoms with Gasteiger partial charge in [-0.25, -0.2) is 4.39 Å². The van der Waals surface area contributed by atoms with Crippen LogP contribution in [0.25, 0.3) is 0 Å². The van der Waals surface area contributed by atoms with E-state index in [1.54, 1.807) is 12.1 Å². The predicted molar refractivity (Wildman–Crippen MR) is 76.9 cm³/mol. The molecular weight excluding hydrogens is 263 g/mol. The first-order valence-corrected chi connectivity index (χ1v) is 7.34. The fraction of sp³-hybridized carbons (Fsp3) is 0.625. The normalized spacial score (nSPS) is 27.0. The van der Waals surface area contributed by atoms with E-state index in [0.29, 0.717) is 17.0 Å². The molecule has 0 aliphatic heterocycles. The zero-order valence-electron chi connectivity index (χ0n) is 11.7. The molecule has 19 heavy (non-hydrogen) atoms. The number of hydrogen-bond donors (Lipinski definition) is 1. The van der Waals surface area contributed by atoms with Crippen LogP contribution in [0.4, 0.5) is 4.39 Å². The molecule has 0 aromatic heterocycles. The smallest absolute Gasteiger partial charge is 0.127 e. The lowest BCUT2D eigenvalue weighted by atomic mass is 9.83. The van der Waals surface area contributed by atoms with Crippen molar-refractivity contribution >= 4 is 11.6 Å². The van der Waals surface area contributed by atoms with E-state index in [2.05, 4.69) is 13.8 Å². The van der Waals surface area contributed by atoms with Crippen molar-refractivity contribution in [2.75, 3.05) is 0 Å². The standard InChI is InChI=1S/C16H22ClFO/c1-15(2)6-3-7-16(19,9-8-15)11-12-4-5-13(17)10-14(12)18/h4-5,10,19H,3,6-9,11H2,1-2H3. The van der Waals surface area contributed by atoms with Crippen LogP contribution < -0.4 is 0 Å². The molecule has 0 saturated heterocycles. The van der Waals surface area contributed by atoms with Crippen molar-refractivity contribution in [3.05, 3.63) is 34.6 Å². The summed E-state index contributed by atoms with van der Waals surface area (Å²) in [6.07, 6.45) is 4.97. The monoisotopic (exact) mass is 284 g/mol. The topological polar surface area (TPSA) is 20.2 Å². The molecule has 0 heterocycles. The summed E-state index contributed by atoms with van der Waals surface area (Å²) >= 11 is 5.76. The van der Waals surface area contributed by atoms with E-state index in [1.165, 1.54) is 6.07 Å². The molecule has 1 unspecified atom stereocenters. The Kier molecular flexibility index (Phi) is 4.22. The molecule has 1 fully saturated rings. The van der Waals surface area contributed by atoms with Gasteiger partial charge in [0.25, 0.3) is 0 Å². The van der Waals surface area contributed by atoms with Gasteiger partial charge in [0, 0.05) is 11.4 Å². The molecule has 1 aromatic rings.